The minimum absolute atomic E-state index is 0.00665. The molecule has 0 aliphatic carbocycles. The van der Waals surface area contributed by atoms with E-state index in [0.717, 1.165) is 6.54 Å². The number of carbonyl (C=O) groups is 1. The van der Waals surface area contributed by atoms with Crippen molar-refractivity contribution in [3.8, 4) is 17.0 Å². The number of hydrogen-bond acceptors (Lipinski definition) is 5. The molecule has 0 amide bonds. The highest BCUT2D eigenvalue weighted by Gasteiger charge is 2.25. The van der Waals surface area contributed by atoms with Gasteiger partial charge in [0, 0.05) is 43.3 Å². The minimum Gasteiger partial charge on any atom is -0.461 e. The lowest BCUT2D eigenvalue weighted by Gasteiger charge is -2.27. The molecule has 0 saturated carbocycles. The zero-order valence-corrected chi connectivity index (χ0v) is 20.3. The Hall–Kier alpha value is -2.87. The first-order valence-corrected chi connectivity index (χ1v) is 11.0. The van der Waals surface area contributed by atoms with E-state index in [2.05, 4.69) is 28.8 Å². The number of hydrogen-bond donors (Lipinski definition) is 0. The number of alkyl halides is 1. The molecule has 0 saturated heterocycles. The van der Waals surface area contributed by atoms with Crippen LogP contribution in [0.3, 0.4) is 0 Å². The number of carbonyl (C=O) groups excluding carboxylic acids is 1. The molecule has 0 N–H and O–H groups in total. The van der Waals surface area contributed by atoms with Gasteiger partial charge in [0.2, 0.25) is 6.36 Å². The Morgan fingerprint density at radius 3 is 2.52 bits per heavy atom. The molecule has 0 aliphatic rings. The highest BCUT2D eigenvalue weighted by molar-refractivity contribution is 6.00. The van der Waals surface area contributed by atoms with Crippen molar-refractivity contribution >= 4 is 16.8 Å². The van der Waals surface area contributed by atoms with Gasteiger partial charge in [-0.2, -0.15) is 5.10 Å². The lowest BCUT2D eigenvalue weighted by Crippen LogP contribution is -2.30. The minimum atomic E-state index is -1.53. The summed E-state index contributed by atoms with van der Waals surface area (Å²) in [6.07, 6.45) is 0.363. The average molecular weight is 459 g/mol. The molecular formula is C25H32F2N4O2. The van der Waals surface area contributed by atoms with E-state index in [4.69, 9.17) is 4.74 Å². The van der Waals surface area contributed by atoms with Gasteiger partial charge in [0.1, 0.15) is 22.8 Å². The molecule has 1 unspecified atom stereocenters. The Morgan fingerprint density at radius 2 is 1.91 bits per heavy atom. The number of rotatable bonds is 9. The second-order valence-electron chi connectivity index (χ2n) is 9.78. The third-order valence-electron chi connectivity index (χ3n) is 5.23. The number of pyridine rings is 1. The van der Waals surface area contributed by atoms with Gasteiger partial charge in [0.25, 0.3) is 0 Å². The Kier molecular flexibility index (Phi) is 7.17. The van der Waals surface area contributed by atoms with E-state index in [1.54, 1.807) is 10.7 Å². The molecule has 3 aromatic rings. The summed E-state index contributed by atoms with van der Waals surface area (Å²) in [6, 6.07) is 5.73. The van der Waals surface area contributed by atoms with Crippen molar-refractivity contribution < 1.29 is 18.3 Å². The average Bonchev–Trinajstić information content (AvgIpc) is 3.06. The van der Waals surface area contributed by atoms with Crippen molar-refractivity contribution in [2.75, 3.05) is 20.6 Å². The smallest absolute Gasteiger partial charge is 0.235 e. The number of aromatic nitrogens is 3. The Balaban J connectivity index is 2.06. The fourth-order valence-electron chi connectivity index (χ4n) is 4.14. The maximum absolute atomic E-state index is 14.7. The number of ketones is 1. The molecule has 3 rings (SSSR count). The molecule has 0 radical (unpaired) electrons. The van der Waals surface area contributed by atoms with E-state index in [-0.39, 0.29) is 28.6 Å². The maximum Gasteiger partial charge on any atom is 0.235 e. The molecule has 33 heavy (non-hydrogen) atoms. The van der Waals surface area contributed by atoms with Crippen LogP contribution in [0, 0.1) is 11.2 Å². The highest BCUT2D eigenvalue weighted by Crippen LogP contribution is 2.33. The van der Waals surface area contributed by atoms with Crippen LogP contribution >= 0.6 is 0 Å². The predicted molar refractivity (Wildman–Crippen MR) is 126 cm³/mol. The van der Waals surface area contributed by atoms with Crippen molar-refractivity contribution in [1.82, 2.24) is 19.7 Å². The van der Waals surface area contributed by atoms with Gasteiger partial charge >= 0.3 is 0 Å². The van der Waals surface area contributed by atoms with Gasteiger partial charge in [-0.05, 0) is 57.6 Å². The van der Waals surface area contributed by atoms with E-state index in [1.165, 1.54) is 31.3 Å². The van der Waals surface area contributed by atoms with Crippen LogP contribution in [0.15, 0.2) is 30.5 Å². The summed E-state index contributed by atoms with van der Waals surface area (Å²) in [6.45, 7) is 10.0. The van der Waals surface area contributed by atoms with Crippen molar-refractivity contribution in [2.45, 2.75) is 53.4 Å². The molecular weight excluding hydrogens is 426 g/mol. The fourth-order valence-corrected chi connectivity index (χ4v) is 4.14. The van der Waals surface area contributed by atoms with Gasteiger partial charge in [0.05, 0.1) is 5.52 Å². The first kappa shape index (κ1) is 24.8. The molecule has 0 spiro atoms. The van der Waals surface area contributed by atoms with E-state index >= 15 is 0 Å². The molecule has 8 heteroatoms. The van der Waals surface area contributed by atoms with Crippen molar-refractivity contribution in [2.24, 2.45) is 5.41 Å². The third kappa shape index (κ3) is 5.74. The molecule has 178 valence electrons. The molecule has 1 aromatic carbocycles. The molecule has 1 atom stereocenters. The Bertz CT molecular complexity index is 1150. The van der Waals surface area contributed by atoms with Crippen LogP contribution < -0.4 is 4.74 Å². The van der Waals surface area contributed by atoms with Gasteiger partial charge in [-0.15, -0.1) is 0 Å². The second-order valence-corrected chi connectivity index (χ2v) is 9.78. The third-order valence-corrected chi connectivity index (χ3v) is 5.23. The second kappa shape index (κ2) is 9.55. The summed E-state index contributed by atoms with van der Waals surface area (Å²) in [4.78, 5) is 19.6. The standard InChI is InChI=1S/C25H32F2N4O2/c1-15(2)31-21-10-17(22(32)12-25(4,5)14-30(6)7)13-28-24(21)23(29-31)19-11-18(33-16(3)26)8-9-20(19)27/h8-11,13,15-16H,12,14H2,1-7H3. The number of benzene rings is 1. The number of nitrogens with zero attached hydrogens (tertiary/aromatic N) is 4. The lowest BCUT2D eigenvalue weighted by atomic mass is 9.85. The van der Waals surface area contributed by atoms with Crippen molar-refractivity contribution in [3.05, 3.63) is 41.8 Å². The zero-order chi connectivity index (χ0) is 24.5. The first-order chi connectivity index (χ1) is 15.4. The summed E-state index contributed by atoms with van der Waals surface area (Å²) in [5.74, 6) is -0.326. The van der Waals surface area contributed by atoms with Gasteiger partial charge < -0.3 is 9.64 Å². The Morgan fingerprint density at radius 1 is 1.21 bits per heavy atom. The predicted octanol–water partition coefficient (Wildman–Crippen LogP) is 5.67. The molecule has 6 nitrogen and oxygen atoms in total. The van der Waals surface area contributed by atoms with Crippen molar-refractivity contribution in [3.63, 3.8) is 0 Å². The topological polar surface area (TPSA) is 60.3 Å². The first-order valence-electron chi connectivity index (χ1n) is 11.0. The van der Waals surface area contributed by atoms with Gasteiger partial charge in [0.15, 0.2) is 5.78 Å². The van der Waals surface area contributed by atoms with Crippen LogP contribution in [0.1, 0.15) is 57.4 Å². The summed E-state index contributed by atoms with van der Waals surface area (Å²) < 4.78 is 34.9. The van der Waals surface area contributed by atoms with Crippen molar-refractivity contribution in [1.29, 1.82) is 0 Å². The van der Waals surface area contributed by atoms with E-state index in [0.29, 0.717) is 28.7 Å². The van der Waals surface area contributed by atoms with Gasteiger partial charge in [-0.1, -0.05) is 13.8 Å². The van der Waals surface area contributed by atoms with Gasteiger partial charge in [-0.3, -0.25) is 14.5 Å². The summed E-state index contributed by atoms with van der Waals surface area (Å²) in [5.41, 5.74) is 1.89. The molecule has 0 aliphatic heterocycles. The summed E-state index contributed by atoms with van der Waals surface area (Å²) in [5, 5.41) is 4.60. The highest BCUT2D eigenvalue weighted by atomic mass is 19.1. The van der Waals surface area contributed by atoms with Crippen LogP contribution in [-0.4, -0.2) is 52.4 Å². The normalized spacial score (nSPS) is 13.2. The maximum atomic E-state index is 14.7. The van der Waals surface area contributed by atoms with E-state index in [1.807, 2.05) is 27.9 Å². The van der Waals surface area contributed by atoms with E-state index in [9.17, 15) is 13.6 Å². The molecule has 2 heterocycles. The SMILES string of the molecule is CC(F)Oc1ccc(F)c(-c2nn(C(C)C)c3cc(C(=O)CC(C)(C)CN(C)C)cnc23)c1. The largest absolute Gasteiger partial charge is 0.461 e. The lowest BCUT2D eigenvalue weighted by molar-refractivity contribution is 0.0859. The number of ether oxygens (including phenoxy) is 1. The van der Waals surface area contributed by atoms with Crippen LogP contribution in [0.2, 0.25) is 0 Å². The number of fused-ring (bicyclic) bond motifs is 1. The monoisotopic (exact) mass is 458 g/mol. The molecule has 0 bridgehead atoms. The van der Waals surface area contributed by atoms with Crippen LogP contribution in [0.4, 0.5) is 8.78 Å². The van der Waals surface area contributed by atoms with Crippen LogP contribution in [-0.2, 0) is 0 Å². The number of halogens is 2. The van der Waals surface area contributed by atoms with Crippen LogP contribution in [0.5, 0.6) is 5.75 Å². The quantitative estimate of drug-likeness (QED) is 0.387. The summed E-state index contributed by atoms with van der Waals surface area (Å²) in [7, 11) is 3.96. The van der Waals surface area contributed by atoms with Gasteiger partial charge in [-0.25, -0.2) is 8.78 Å². The number of Topliss-reactive ketones (excluding diaryl/α,β-unsaturated/α-hetero) is 1. The zero-order valence-electron chi connectivity index (χ0n) is 20.3. The Labute approximate surface area is 193 Å². The van der Waals surface area contributed by atoms with Crippen LogP contribution in [0.25, 0.3) is 22.3 Å². The van der Waals surface area contributed by atoms with E-state index < -0.39 is 12.2 Å². The molecule has 0 fully saturated rings. The molecule has 2 aromatic heterocycles. The fraction of sp³-hybridized carbons (Fsp3) is 0.480. The summed E-state index contributed by atoms with van der Waals surface area (Å²) >= 11 is 0.